The van der Waals surface area contributed by atoms with Gasteiger partial charge in [0, 0.05) is 35.0 Å². The van der Waals surface area contributed by atoms with Crippen molar-refractivity contribution >= 4 is 16.9 Å². The third-order valence-electron chi connectivity index (χ3n) is 10.6. The lowest BCUT2D eigenvalue weighted by atomic mass is 9.70. The molecular formula is C32H42N2O4. The van der Waals surface area contributed by atoms with Crippen LogP contribution in [0.4, 0.5) is 0 Å². The topological polar surface area (TPSA) is 60.9 Å². The summed E-state index contributed by atoms with van der Waals surface area (Å²) >= 11 is 0. The van der Waals surface area contributed by atoms with Gasteiger partial charge >= 0.3 is 5.97 Å². The standard InChI is InChI=1S/C32H42N2O4/c1-6-20-18-34-14-11-21(20)15-27(34)29(24-10-13-33-26-8-7-23(36-5)16-25(24)26)37-19-28(35)38-30-31(2,3)22-9-12-32(30,4)17-22/h6-8,10,13,16,20-22,27,29-30H,1,9,11-12,14-15,17-19H2,2-5H3/t20-,21?,22-,27+,29-,30+,32+/m0/s1. The molecule has 4 bridgehead atoms. The Bertz CT molecular complexity index is 1220. The molecule has 2 aromatic rings. The van der Waals surface area contributed by atoms with Gasteiger partial charge in [-0.2, -0.15) is 0 Å². The van der Waals surface area contributed by atoms with Crippen molar-refractivity contribution in [3.63, 3.8) is 0 Å². The number of fused-ring (bicyclic) bond motifs is 6. The molecule has 0 N–H and O–H groups in total. The molecule has 38 heavy (non-hydrogen) atoms. The second-order valence-corrected chi connectivity index (χ2v) is 13.0. The molecule has 4 heterocycles. The Labute approximate surface area is 226 Å². The van der Waals surface area contributed by atoms with Crippen LogP contribution in [0.1, 0.15) is 64.5 Å². The first-order valence-electron chi connectivity index (χ1n) is 14.3. The fraction of sp³-hybridized carbons (Fsp3) is 0.625. The normalized spacial score (nSPS) is 35.8. The summed E-state index contributed by atoms with van der Waals surface area (Å²) in [6.45, 7) is 12.9. The molecule has 2 saturated carbocycles. The maximum atomic E-state index is 13.3. The van der Waals surface area contributed by atoms with E-state index in [1.54, 1.807) is 7.11 Å². The van der Waals surface area contributed by atoms with Crippen molar-refractivity contribution in [2.45, 2.75) is 71.1 Å². The molecule has 3 saturated heterocycles. The van der Waals surface area contributed by atoms with E-state index < -0.39 is 0 Å². The highest BCUT2D eigenvalue weighted by atomic mass is 16.6. The SMILES string of the molecule is C=C[C@H]1CN2CCC1C[C@@H]2[C@@H](OCC(=O)O[C@@H]1C(C)(C)[C@H]2CC[C@]1(C)C2)c1ccnc2ccc(OC)cc12. The van der Waals surface area contributed by atoms with Crippen LogP contribution in [0.3, 0.4) is 0 Å². The third-order valence-corrected chi connectivity index (χ3v) is 10.6. The van der Waals surface area contributed by atoms with Crippen LogP contribution in [-0.2, 0) is 14.3 Å². The number of aromatic nitrogens is 1. The van der Waals surface area contributed by atoms with Crippen molar-refractivity contribution < 1.29 is 19.0 Å². The van der Waals surface area contributed by atoms with E-state index in [2.05, 4.69) is 43.3 Å². The first-order chi connectivity index (χ1) is 18.2. The minimum Gasteiger partial charge on any atom is -0.497 e. The summed E-state index contributed by atoms with van der Waals surface area (Å²) in [4.78, 5) is 20.5. The zero-order chi connectivity index (χ0) is 26.7. The van der Waals surface area contributed by atoms with E-state index in [1.807, 2.05) is 30.5 Å². The molecule has 2 aliphatic carbocycles. The Morgan fingerprint density at radius 2 is 2.11 bits per heavy atom. The second-order valence-electron chi connectivity index (χ2n) is 13.0. The number of esters is 1. The Morgan fingerprint density at radius 1 is 1.26 bits per heavy atom. The molecule has 3 aliphatic heterocycles. The van der Waals surface area contributed by atoms with Crippen LogP contribution < -0.4 is 4.74 Å². The Kier molecular flexibility index (Phi) is 6.55. The minimum atomic E-state index is -0.266. The average Bonchev–Trinajstić information content (AvgIpc) is 3.42. The van der Waals surface area contributed by atoms with E-state index in [1.165, 1.54) is 12.8 Å². The molecule has 2 unspecified atom stereocenters. The van der Waals surface area contributed by atoms with Crippen molar-refractivity contribution in [3.8, 4) is 5.75 Å². The minimum absolute atomic E-state index is 0.00778. The molecule has 8 atom stereocenters. The first kappa shape index (κ1) is 25.8. The van der Waals surface area contributed by atoms with Gasteiger partial charge in [0.15, 0.2) is 0 Å². The molecule has 0 spiro atoms. The van der Waals surface area contributed by atoms with Gasteiger partial charge in [-0.25, -0.2) is 4.79 Å². The predicted octanol–water partition coefficient (Wildman–Crippen LogP) is 5.96. The molecule has 204 valence electrons. The van der Waals surface area contributed by atoms with Gasteiger partial charge in [0.25, 0.3) is 0 Å². The lowest BCUT2D eigenvalue weighted by molar-refractivity contribution is -0.174. The van der Waals surface area contributed by atoms with Gasteiger partial charge < -0.3 is 14.2 Å². The number of piperidine rings is 3. The average molecular weight is 519 g/mol. The van der Waals surface area contributed by atoms with Gasteiger partial charge in [0.2, 0.25) is 0 Å². The van der Waals surface area contributed by atoms with Crippen LogP contribution >= 0.6 is 0 Å². The van der Waals surface area contributed by atoms with E-state index in [0.29, 0.717) is 17.8 Å². The summed E-state index contributed by atoms with van der Waals surface area (Å²) in [6, 6.07) is 8.19. The number of pyridine rings is 1. The molecule has 5 aliphatic rings. The largest absolute Gasteiger partial charge is 0.497 e. The molecule has 7 rings (SSSR count). The molecule has 0 amide bonds. The van der Waals surface area contributed by atoms with Gasteiger partial charge in [0.05, 0.1) is 18.7 Å². The van der Waals surface area contributed by atoms with Crippen LogP contribution in [0.5, 0.6) is 5.75 Å². The number of nitrogens with zero attached hydrogens (tertiary/aromatic N) is 2. The summed E-state index contributed by atoms with van der Waals surface area (Å²) in [5.41, 5.74) is 2.04. The molecule has 1 aromatic heterocycles. The van der Waals surface area contributed by atoms with Crippen LogP contribution in [0, 0.1) is 28.6 Å². The summed E-state index contributed by atoms with van der Waals surface area (Å²) in [5.74, 6) is 2.27. The van der Waals surface area contributed by atoms with E-state index in [0.717, 1.165) is 54.6 Å². The lowest BCUT2D eigenvalue weighted by Crippen LogP contribution is -2.55. The lowest BCUT2D eigenvalue weighted by Gasteiger charge is -2.51. The molecule has 0 radical (unpaired) electrons. The summed E-state index contributed by atoms with van der Waals surface area (Å²) in [5, 5.41) is 1.01. The Hall–Kier alpha value is -2.44. The highest BCUT2D eigenvalue weighted by molar-refractivity contribution is 5.84. The van der Waals surface area contributed by atoms with Gasteiger partial charge in [-0.15, -0.1) is 6.58 Å². The quantitative estimate of drug-likeness (QED) is 0.318. The van der Waals surface area contributed by atoms with Crippen molar-refractivity contribution in [2.75, 3.05) is 26.8 Å². The smallest absolute Gasteiger partial charge is 0.332 e. The van der Waals surface area contributed by atoms with Crippen molar-refractivity contribution in [1.82, 2.24) is 9.88 Å². The number of ether oxygens (including phenoxy) is 3. The van der Waals surface area contributed by atoms with Gasteiger partial charge in [-0.3, -0.25) is 9.88 Å². The maximum Gasteiger partial charge on any atom is 0.332 e. The van der Waals surface area contributed by atoms with Gasteiger partial charge in [-0.1, -0.05) is 26.8 Å². The predicted molar refractivity (Wildman–Crippen MR) is 148 cm³/mol. The third kappa shape index (κ3) is 4.24. The fourth-order valence-electron chi connectivity index (χ4n) is 8.50. The Morgan fingerprint density at radius 3 is 2.79 bits per heavy atom. The number of carbonyl (C=O) groups excluding carboxylic acids is 1. The maximum absolute atomic E-state index is 13.3. The monoisotopic (exact) mass is 518 g/mol. The zero-order valence-electron chi connectivity index (χ0n) is 23.3. The number of hydrogen-bond acceptors (Lipinski definition) is 6. The van der Waals surface area contributed by atoms with Crippen molar-refractivity contribution in [2.24, 2.45) is 28.6 Å². The number of rotatable bonds is 8. The Balaban J connectivity index is 1.27. The number of benzene rings is 1. The van der Waals surface area contributed by atoms with Crippen molar-refractivity contribution in [3.05, 3.63) is 48.7 Å². The molecule has 5 fully saturated rings. The molecule has 6 nitrogen and oxygen atoms in total. The molecule has 1 aromatic carbocycles. The highest BCUT2D eigenvalue weighted by Gasteiger charge is 2.61. The van der Waals surface area contributed by atoms with E-state index in [4.69, 9.17) is 14.2 Å². The summed E-state index contributed by atoms with van der Waals surface area (Å²) in [7, 11) is 1.68. The van der Waals surface area contributed by atoms with Gasteiger partial charge in [-0.05, 0) is 86.2 Å². The summed E-state index contributed by atoms with van der Waals surface area (Å²) < 4.78 is 18.4. The second kappa shape index (κ2) is 9.63. The summed E-state index contributed by atoms with van der Waals surface area (Å²) in [6.07, 6.45) is 9.37. The van der Waals surface area contributed by atoms with Crippen molar-refractivity contribution in [1.29, 1.82) is 0 Å². The van der Waals surface area contributed by atoms with Crippen LogP contribution in [-0.4, -0.2) is 54.8 Å². The fourth-order valence-corrected chi connectivity index (χ4v) is 8.50. The van der Waals surface area contributed by atoms with E-state index >= 15 is 0 Å². The van der Waals surface area contributed by atoms with Crippen LogP contribution in [0.2, 0.25) is 0 Å². The van der Waals surface area contributed by atoms with E-state index in [9.17, 15) is 4.79 Å². The number of methoxy groups -OCH3 is 1. The number of hydrogen-bond donors (Lipinski definition) is 0. The van der Waals surface area contributed by atoms with Gasteiger partial charge in [0.1, 0.15) is 18.5 Å². The van der Waals surface area contributed by atoms with Crippen LogP contribution in [0.25, 0.3) is 10.9 Å². The van der Waals surface area contributed by atoms with Crippen LogP contribution in [0.15, 0.2) is 43.1 Å². The highest BCUT2D eigenvalue weighted by Crippen LogP contribution is 2.63. The van der Waals surface area contributed by atoms with E-state index in [-0.39, 0.29) is 41.7 Å². The zero-order valence-corrected chi connectivity index (χ0v) is 23.3. The molecule has 6 heteroatoms. The number of carbonyl (C=O) groups is 1. The first-order valence-corrected chi connectivity index (χ1v) is 14.3. The molecular weight excluding hydrogens is 476 g/mol.